The second-order valence-corrected chi connectivity index (χ2v) is 3.72. The minimum Gasteiger partial charge on any atom is -0.0937 e. The largest absolute Gasteiger partial charge is 0.0937 e. The van der Waals surface area contributed by atoms with Crippen molar-refractivity contribution in [1.29, 1.82) is 0 Å². The van der Waals surface area contributed by atoms with Crippen molar-refractivity contribution < 1.29 is 0 Å². The van der Waals surface area contributed by atoms with Gasteiger partial charge in [0.25, 0.3) is 0 Å². The molecular formula is C9H17N3. The van der Waals surface area contributed by atoms with E-state index in [1.165, 1.54) is 32.1 Å². The molecule has 0 aromatic rings. The summed E-state index contributed by atoms with van der Waals surface area (Å²) in [6.07, 6.45) is 6.52. The standard InChI is InChI=1S/C9H17N3/c1-2-8-4-3-5-9(6-8)7-11-12-10/h8-9H,2-7H2,1H3. The van der Waals surface area contributed by atoms with Crippen LogP contribution in [0.2, 0.25) is 0 Å². The summed E-state index contributed by atoms with van der Waals surface area (Å²) in [6.45, 7) is 2.97. The highest BCUT2D eigenvalue weighted by molar-refractivity contribution is 4.73. The fourth-order valence-electron chi connectivity index (χ4n) is 2.09. The summed E-state index contributed by atoms with van der Waals surface area (Å²) < 4.78 is 0. The molecule has 0 aromatic heterocycles. The number of nitrogens with zero attached hydrogens (tertiary/aromatic N) is 3. The average molecular weight is 167 g/mol. The summed E-state index contributed by atoms with van der Waals surface area (Å²) in [6, 6.07) is 0. The molecule has 1 saturated carbocycles. The Hall–Kier alpha value is -0.690. The Morgan fingerprint density at radius 1 is 1.42 bits per heavy atom. The lowest BCUT2D eigenvalue weighted by molar-refractivity contribution is 0.266. The number of azide groups is 1. The molecule has 2 atom stereocenters. The van der Waals surface area contributed by atoms with Gasteiger partial charge in [0.15, 0.2) is 0 Å². The van der Waals surface area contributed by atoms with Crippen molar-refractivity contribution in [2.45, 2.75) is 39.0 Å². The number of hydrogen-bond acceptors (Lipinski definition) is 1. The second-order valence-electron chi connectivity index (χ2n) is 3.72. The van der Waals surface area contributed by atoms with Crippen molar-refractivity contribution in [2.75, 3.05) is 6.54 Å². The Morgan fingerprint density at radius 3 is 2.83 bits per heavy atom. The first-order chi connectivity index (χ1) is 5.86. The minimum atomic E-state index is 0.666. The van der Waals surface area contributed by atoms with Crippen LogP contribution < -0.4 is 0 Å². The summed E-state index contributed by atoms with van der Waals surface area (Å²) in [4.78, 5) is 2.81. The fourth-order valence-corrected chi connectivity index (χ4v) is 2.09. The van der Waals surface area contributed by atoms with Crippen LogP contribution in [0.3, 0.4) is 0 Å². The molecule has 0 N–H and O–H groups in total. The summed E-state index contributed by atoms with van der Waals surface area (Å²) in [5.41, 5.74) is 8.18. The van der Waals surface area contributed by atoms with Crippen LogP contribution >= 0.6 is 0 Å². The normalized spacial score (nSPS) is 29.4. The van der Waals surface area contributed by atoms with E-state index in [4.69, 9.17) is 5.53 Å². The zero-order chi connectivity index (χ0) is 8.81. The average Bonchev–Trinajstić information content (AvgIpc) is 2.15. The highest BCUT2D eigenvalue weighted by Crippen LogP contribution is 2.30. The maximum atomic E-state index is 8.18. The van der Waals surface area contributed by atoms with Crippen LogP contribution in [-0.2, 0) is 0 Å². The molecule has 0 radical (unpaired) electrons. The maximum Gasteiger partial charge on any atom is 0.0286 e. The Labute approximate surface area is 73.8 Å². The summed E-state index contributed by atoms with van der Waals surface area (Å²) in [7, 11) is 0. The molecule has 1 aliphatic carbocycles. The molecule has 0 bridgehead atoms. The molecule has 0 aliphatic heterocycles. The number of hydrogen-bond donors (Lipinski definition) is 0. The molecule has 0 amide bonds. The summed E-state index contributed by atoms with van der Waals surface area (Å²) in [5, 5.41) is 3.64. The molecule has 3 nitrogen and oxygen atoms in total. The van der Waals surface area contributed by atoms with Crippen LogP contribution in [0.25, 0.3) is 10.4 Å². The van der Waals surface area contributed by atoms with E-state index in [1.807, 2.05) is 0 Å². The lowest BCUT2D eigenvalue weighted by atomic mass is 9.80. The van der Waals surface area contributed by atoms with Crippen molar-refractivity contribution in [1.82, 2.24) is 0 Å². The Kier molecular flexibility index (Phi) is 3.95. The van der Waals surface area contributed by atoms with Crippen molar-refractivity contribution in [3.8, 4) is 0 Å². The molecule has 3 heteroatoms. The third kappa shape index (κ3) is 2.74. The topological polar surface area (TPSA) is 48.8 Å². The zero-order valence-electron chi connectivity index (χ0n) is 7.74. The van der Waals surface area contributed by atoms with Gasteiger partial charge in [-0.05, 0) is 23.8 Å². The van der Waals surface area contributed by atoms with E-state index in [-0.39, 0.29) is 0 Å². The van der Waals surface area contributed by atoms with Gasteiger partial charge in [0.1, 0.15) is 0 Å². The SMILES string of the molecule is CCC1CCCC(CN=[N+]=[N-])C1. The van der Waals surface area contributed by atoms with E-state index < -0.39 is 0 Å². The Balaban J connectivity index is 2.30. The van der Waals surface area contributed by atoms with Crippen molar-refractivity contribution in [3.05, 3.63) is 10.4 Å². The molecule has 2 unspecified atom stereocenters. The van der Waals surface area contributed by atoms with E-state index in [9.17, 15) is 0 Å². The van der Waals surface area contributed by atoms with Gasteiger partial charge in [-0.2, -0.15) is 0 Å². The molecule has 1 aliphatic rings. The molecule has 1 rings (SSSR count). The smallest absolute Gasteiger partial charge is 0.0286 e. The minimum absolute atomic E-state index is 0.666. The van der Waals surface area contributed by atoms with Crippen molar-refractivity contribution in [2.24, 2.45) is 17.0 Å². The second kappa shape index (κ2) is 5.04. The van der Waals surface area contributed by atoms with Crippen LogP contribution in [0.15, 0.2) is 5.11 Å². The molecular weight excluding hydrogens is 150 g/mol. The maximum absolute atomic E-state index is 8.18. The van der Waals surface area contributed by atoms with Gasteiger partial charge in [-0.15, -0.1) is 0 Å². The monoisotopic (exact) mass is 167 g/mol. The van der Waals surface area contributed by atoms with Gasteiger partial charge in [-0.1, -0.05) is 37.7 Å². The highest BCUT2D eigenvalue weighted by Gasteiger charge is 2.19. The lowest BCUT2D eigenvalue weighted by Crippen LogP contribution is -2.16. The fraction of sp³-hybridized carbons (Fsp3) is 1.00. The van der Waals surface area contributed by atoms with Crippen LogP contribution in [0.1, 0.15) is 39.0 Å². The van der Waals surface area contributed by atoms with Gasteiger partial charge in [-0.3, -0.25) is 0 Å². The van der Waals surface area contributed by atoms with Gasteiger partial charge in [0.2, 0.25) is 0 Å². The predicted octanol–water partition coefficient (Wildman–Crippen LogP) is 3.51. The molecule has 0 heterocycles. The third-order valence-electron chi connectivity index (χ3n) is 2.87. The van der Waals surface area contributed by atoms with Crippen LogP contribution in [0, 0.1) is 11.8 Å². The number of rotatable bonds is 3. The van der Waals surface area contributed by atoms with E-state index >= 15 is 0 Å². The molecule has 1 fully saturated rings. The predicted molar refractivity (Wildman–Crippen MR) is 49.8 cm³/mol. The quantitative estimate of drug-likeness (QED) is 0.351. The van der Waals surface area contributed by atoms with Gasteiger partial charge < -0.3 is 0 Å². The zero-order valence-corrected chi connectivity index (χ0v) is 7.74. The van der Waals surface area contributed by atoms with E-state index in [1.54, 1.807) is 0 Å². The summed E-state index contributed by atoms with van der Waals surface area (Å²) in [5.74, 6) is 1.55. The van der Waals surface area contributed by atoms with Crippen LogP contribution in [0.4, 0.5) is 0 Å². The molecule has 0 spiro atoms. The van der Waals surface area contributed by atoms with E-state index in [0.29, 0.717) is 12.5 Å². The third-order valence-corrected chi connectivity index (χ3v) is 2.87. The molecule has 0 aromatic carbocycles. The van der Waals surface area contributed by atoms with Gasteiger partial charge in [-0.25, -0.2) is 0 Å². The van der Waals surface area contributed by atoms with Crippen molar-refractivity contribution >= 4 is 0 Å². The van der Waals surface area contributed by atoms with Gasteiger partial charge in [0.05, 0.1) is 0 Å². The highest BCUT2D eigenvalue weighted by atomic mass is 15.1. The van der Waals surface area contributed by atoms with Crippen LogP contribution in [0.5, 0.6) is 0 Å². The van der Waals surface area contributed by atoms with Gasteiger partial charge >= 0.3 is 0 Å². The summed E-state index contributed by atoms with van der Waals surface area (Å²) >= 11 is 0. The molecule has 68 valence electrons. The molecule has 0 saturated heterocycles. The van der Waals surface area contributed by atoms with Crippen molar-refractivity contribution in [3.63, 3.8) is 0 Å². The van der Waals surface area contributed by atoms with E-state index in [2.05, 4.69) is 16.9 Å². The molecule has 12 heavy (non-hydrogen) atoms. The first-order valence-electron chi connectivity index (χ1n) is 4.87. The first-order valence-corrected chi connectivity index (χ1v) is 4.87. The lowest BCUT2D eigenvalue weighted by Gasteiger charge is -2.27. The Morgan fingerprint density at radius 2 is 2.17 bits per heavy atom. The van der Waals surface area contributed by atoms with Gasteiger partial charge in [0, 0.05) is 11.5 Å². The van der Waals surface area contributed by atoms with E-state index in [0.717, 1.165) is 5.92 Å². The Bertz CT molecular complexity index is 173. The van der Waals surface area contributed by atoms with Crippen LogP contribution in [-0.4, -0.2) is 6.54 Å². The first kappa shape index (κ1) is 9.40.